The van der Waals surface area contributed by atoms with E-state index < -0.39 is 0 Å². The van der Waals surface area contributed by atoms with Crippen LogP contribution in [0.1, 0.15) is 0 Å². The van der Waals surface area contributed by atoms with E-state index in [0.717, 1.165) is 15.9 Å². The van der Waals surface area contributed by atoms with E-state index in [1.807, 2.05) is 23.7 Å². The Labute approximate surface area is 123 Å². The van der Waals surface area contributed by atoms with Crippen molar-refractivity contribution < 1.29 is 4.74 Å². The SMILES string of the molecule is COc1ncnc2c1nc(N)n2-c1ccc2ncsc2c1. The third-order valence-electron chi connectivity index (χ3n) is 3.20. The molecule has 0 spiro atoms. The van der Waals surface area contributed by atoms with Crippen LogP contribution < -0.4 is 10.5 Å². The first-order chi connectivity index (χ1) is 10.3. The van der Waals surface area contributed by atoms with Crippen molar-refractivity contribution >= 4 is 38.7 Å². The summed E-state index contributed by atoms with van der Waals surface area (Å²) in [6.45, 7) is 0. The molecule has 21 heavy (non-hydrogen) atoms. The summed E-state index contributed by atoms with van der Waals surface area (Å²) in [6.07, 6.45) is 1.43. The van der Waals surface area contributed by atoms with Gasteiger partial charge in [-0.05, 0) is 18.2 Å². The van der Waals surface area contributed by atoms with Gasteiger partial charge in [-0.1, -0.05) is 0 Å². The molecule has 0 aliphatic heterocycles. The highest BCUT2D eigenvalue weighted by atomic mass is 32.1. The second-order valence-corrected chi connectivity index (χ2v) is 5.25. The third kappa shape index (κ3) is 1.73. The molecule has 4 aromatic rings. The molecule has 0 aliphatic rings. The van der Waals surface area contributed by atoms with E-state index in [2.05, 4.69) is 19.9 Å². The van der Waals surface area contributed by atoms with Crippen LogP contribution in [0.15, 0.2) is 30.0 Å². The number of anilines is 1. The molecule has 104 valence electrons. The second-order valence-electron chi connectivity index (χ2n) is 4.36. The number of imidazole rings is 1. The summed E-state index contributed by atoms with van der Waals surface area (Å²) in [5.41, 5.74) is 10.9. The summed E-state index contributed by atoms with van der Waals surface area (Å²) in [6, 6.07) is 5.90. The molecule has 3 aromatic heterocycles. The predicted molar refractivity (Wildman–Crippen MR) is 80.8 cm³/mol. The van der Waals surface area contributed by atoms with E-state index in [9.17, 15) is 0 Å². The largest absolute Gasteiger partial charge is 0.479 e. The van der Waals surface area contributed by atoms with Crippen LogP contribution in [0, 0.1) is 0 Å². The topological polar surface area (TPSA) is 91.7 Å². The second kappa shape index (κ2) is 4.38. The van der Waals surface area contributed by atoms with Crippen molar-refractivity contribution in [1.82, 2.24) is 24.5 Å². The summed E-state index contributed by atoms with van der Waals surface area (Å²) in [4.78, 5) is 16.9. The first-order valence-electron chi connectivity index (χ1n) is 6.14. The number of aromatic nitrogens is 5. The van der Waals surface area contributed by atoms with Crippen LogP contribution in [-0.2, 0) is 0 Å². The van der Waals surface area contributed by atoms with Gasteiger partial charge in [0.2, 0.25) is 11.8 Å². The van der Waals surface area contributed by atoms with Gasteiger partial charge in [0.05, 0.1) is 28.5 Å². The van der Waals surface area contributed by atoms with E-state index in [0.29, 0.717) is 23.0 Å². The van der Waals surface area contributed by atoms with Crippen LogP contribution in [-0.4, -0.2) is 31.6 Å². The van der Waals surface area contributed by atoms with Gasteiger partial charge in [0, 0.05) is 0 Å². The Hall–Kier alpha value is -2.74. The zero-order valence-electron chi connectivity index (χ0n) is 11.0. The average Bonchev–Trinajstić information content (AvgIpc) is 3.08. The lowest BCUT2D eigenvalue weighted by molar-refractivity contribution is 0.401. The molecule has 7 nitrogen and oxygen atoms in total. The summed E-state index contributed by atoms with van der Waals surface area (Å²) < 4.78 is 8.05. The predicted octanol–water partition coefficient (Wildman–Crippen LogP) is 2.02. The number of nitrogen functional groups attached to an aromatic ring is 1. The number of ether oxygens (including phenoxy) is 1. The highest BCUT2D eigenvalue weighted by Crippen LogP contribution is 2.28. The lowest BCUT2D eigenvalue weighted by Gasteiger charge is -2.05. The number of rotatable bonds is 2. The van der Waals surface area contributed by atoms with Gasteiger partial charge in [0.15, 0.2) is 11.2 Å². The molecular weight excluding hydrogens is 288 g/mol. The van der Waals surface area contributed by atoms with Gasteiger partial charge in [0.1, 0.15) is 6.33 Å². The minimum atomic E-state index is 0.340. The maximum absolute atomic E-state index is 6.04. The first kappa shape index (κ1) is 12.0. The summed E-state index contributed by atoms with van der Waals surface area (Å²) in [5.74, 6) is 0.747. The van der Waals surface area contributed by atoms with Crippen LogP contribution in [0.2, 0.25) is 0 Å². The molecule has 0 saturated carbocycles. The van der Waals surface area contributed by atoms with Gasteiger partial charge in [-0.2, -0.15) is 4.98 Å². The number of hydrogen-bond donors (Lipinski definition) is 1. The molecule has 0 amide bonds. The quantitative estimate of drug-likeness (QED) is 0.608. The van der Waals surface area contributed by atoms with E-state index in [4.69, 9.17) is 10.5 Å². The Morgan fingerprint density at radius 1 is 1.24 bits per heavy atom. The molecule has 0 radical (unpaired) electrons. The van der Waals surface area contributed by atoms with Crippen molar-refractivity contribution in [2.45, 2.75) is 0 Å². The molecule has 0 unspecified atom stereocenters. The van der Waals surface area contributed by atoms with E-state index in [1.165, 1.54) is 6.33 Å². The zero-order valence-corrected chi connectivity index (χ0v) is 11.8. The number of methoxy groups -OCH3 is 1. The van der Waals surface area contributed by atoms with Crippen molar-refractivity contribution in [3.63, 3.8) is 0 Å². The molecule has 0 aliphatic carbocycles. The maximum Gasteiger partial charge on any atom is 0.245 e. The number of hydrogen-bond acceptors (Lipinski definition) is 7. The van der Waals surface area contributed by atoms with Crippen LogP contribution >= 0.6 is 11.3 Å². The smallest absolute Gasteiger partial charge is 0.245 e. The van der Waals surface area contributed by atoms with Crippen LogP contribution in [0.4, 0.5) is 5.95 Å². The maximum atomic E-state index is 6.04. The molecule has 0 fully saturated rings. The number of nitrogens with zero attached hydrogens (tertiary/aromatic N) is 5. The van der Waals surface area contributed by atoms with E-state index >= 15 is 0 Å². The Morgan fingerprint density at radius 2 is 2.14 bits per heavy atom. The molecule has 1 aromatic carbocycles. The van der Waals surface area contributed by atoms with Crippen molar-refractivity contribution in [2.75, 3.05) is 12.8 Å². The van der Waals surface area contributed by atoms with Gasteiger partial charge < -0.3 is 10.5 Å². The molecule has 0 bridgehead atoms. The normalized spacial score (nSPS) is 11.3. The molecule has 2 N–H and O–H groups in total. The Balaban J connectivity index is 2.03. The van der Waals surface area contributed by atoms with Crippen molar-refractivity contribution in [3.05, 3.63) is 30.0 Å². The summed E-state index contributed by atoms with van der Waals surface area (Å²) in [7, 11) is 1.54. The number of fused-ring (bicyclic) bond motifs is 2. The van der Waals surface area contributed by atoms with Crippen LogP contribution in [0.5, 0.6) is 5.88 Å². The van der Waals surface area contributed by atoms with Gasteiger partial charge in [0.25, 0.3) is 0 Å². The fourth-order valence-electron chi connectivity index (χ4n) is 2.28. The standard InChI is InChI=1S/C13H10N6OS/c1-20-12-10-11(15-5-16-12)19(13(14)18-10)7-2-3-8-9(4-7)21-6-17-8/h2-6H,1H3,(H2,14,18). The fraction of sp³-hybridized carbons (Fsp3) is 0.0769. The van der Waals surface area contributed by atoms with Crippen molar-refractivity contribution in [3.8, 4) is 11.6 Å². The zero-order chi connectivity index (χ0) is 14.4. The number of benzene rings is 1. The van der Waals surface area contributed by atoms with Gasteiger partial charge in [-0.25, -0.2) is 15.0 Å². The average molecular weight is 298 g/mol. The number of thiazole rings is 1. The van der Waals surface area contributed by atoms with Gasteiger partial charge >= 0.3 is 0 Å². The molecule has 4 rings (SSSR count). The lowest BCUT2D eigenvalue weighted by atomic mass is 10.3. The molecular formula is C13H10N6OS. The summed E-state index contributed by atoms with van der Waals surface area (Å²) >= 11 is 1.57. The Kier molecular flexibility index (Phi) is 2.51. The minimum absolute atomic E-state index is 0.340. The van der Waals surface area contributed by atoms with Crippen molar-refractivity contribution in [2.24, 2.45) is 0 Å². The number of nitrogens with two attached hydrogens (primary N) is 1. The van der Waals surface area contributed by atoms with E-state index in [1.54, 1.807) is 23.0 Å². The Bertz CT molecular complexity index is 960. The molecule has 0 saturated heterocycles. The van der Waals surface area contributed by atoms with Crippen molar-refractivity contribution in [1.29, 1.82) is 0 Å². The fourth-order valence-corrected chi connectivity index (χ4v) is 2.99. The molecule has 0 atom stereocenters. The molecule has 3 heterocycles. The van der Waals surface area contributed by atoms with Gasteiger partial charge in [-0.15, -0.1) is 11.3 Å². The van der Waals surface area contributed by atoms with E-state index in [-0.39, 0.29) is 0 Å². The van der Waals surface area contributed by atoms with Crippen LogP contribution in [0.3, 0.4) is 0 Å². The minimum Gasteiger partial charge on any atom is -0.479 e. The summed E-state index contributed by atoms with van der Waals surface area (Å²) in [5, 5.41) is 0. The highest BCUT2D eigenvalue weighted by molar-refractivity contribution is 7.16. The lowest BCUT2D eigenvalue weighted by Crippen LogP contribution is -2.01. The highest BCUT2D eigenvalue weighted by Gasteiger charge is 2.16. The third-order valence-corrected chi connectivity index (χ3v) is 3.99. The monoisotopic (exact) mass is 298 g/mol. The molecule has 8 heteroatoms. The first-order valence-corrected chi connectivity index (χ1v) is 7.02. The van der Waals surface area contributed by atoms with Gasteiger partial charge in [-0.3, -0.25) is 4.57 Å². The Morgan fingerprint density at radius 3 is 3.00 bits per heavy atom. The van der Waals surface area contributed by atoms with Crippen LogP contribution in [0.25, 0.3) is 27.1 Å².